The molecule has 0 spiro atoms. The van der Waals surface area contributed by atoms with Gasteiger partial charge in [-0.1, -0.05) is 0 Å². The van der Waals surface area contributed by atoms with Crippen LogP contribution in [0.4, 0.5) is 0 Å². The van der Waals surface area contributed by atoms with Gasteiger partial charge >= 0.3 is 5.69 Å². The molecule has 0 unspecified atom stereocenters. The number of ether oxygens (including phenoxy) is 1. The zero-order chi connectivity index (χ0) is 20.0. The summed E-state index contributed by atoms with van der Waals surface area (Å²) in [4.78, 5) is 24.3. The molecule has 1 aromatic carbocycles. The Bertz CT molecular complexity index is 1410. The first-order valence-corrected chi connectivity index (χ1v) is 9.26. The van der Waals surface area contributed by atoms with Gasteiger partial charge in [-0.05, 0) is 31.2 Å². The standard InChI is InChI=1S/C21H18N6O2/c1-3-29-18-6-7-22-20-19(18)27(21(28)25-20)16-4-5-17-13(9-16)8-14(10-23-17)15-11-24-26(2)12-15/h4-12H,3H2,1-2H3,(H,22,25,28). The quantitative estimate of drug-likeness (QED) is 0.513. The molecule has 0 bridgehead atoms. The highest BCUT2D eigenvalue weighted by atomic mass is 16.5. The Morgan fingerprint density at radius 2 is 2.00 bits per heavy atom. The Morgan fingerprint density at radius 1 is 1.10 bits per heavy atom. The third-order valence-corrected chi connectivity index (χ3v) is 4.80. The first kappa shape index (κ1) is 17.2. The number of rotatable bonds is 4. The first-order valence-electron chi connectivity index (χ1n) is 9.26. The zero-order valence-electron chi connectivity index (χ0n) is 16.0. The molecule has 5 aromatic rings. The van der Waals surface area contributed by atoms with Crippen LogP contribution < -0.4 is 10.4 Å². The number of benzene rings is 1. The number of aryl methyl sites for hydroxylation is 1. The van der Waals surface area contributed by atoms with E-state index in [2.05, 4.69) is 20.1 Å². The summed E-state index contributed by atoms with van der Waals surface area (Å²) in [5.41, 5.74) is 4.35. The molecule has 0 saturated carbocycles. The van der Waals surface area contributed by atoms with Crippen LogP contribution >= 0.6 is 0 Å². The normalized spacial score (nSPS) is 11.4. The maximum Gasteiger partial charge on any atom is 0.332 e. The zero-order valence-corrected chi connectivity index (χ0v) is 16.0. The van der Waals surface area contributed by atoms with Gasteiger partial charge in [0.1, 0.15) is 11.3 Å². The van der Waals surface area contributed by atoms with E-state index in [1.54, 1.807) is 27.7 Å². The predicted octanol–water partition coefficient (Wildman–Crippen LogP) is 3.06. The third-order valence-electron chi connectivity index (χ3n) is 4.80. The van der Waals surface area contributed by atoms with Gasteiger partial charge in [0, 0.05) is 48.2 Å². The summed E-state index contributed by atoms with van der Waals surface area (Å²) in [5, 5.41) is 5.15. The molecule has 0 atom stereocenters. The number of pyridine rings is 2. The van der Waals surface area contributed by atoms with Gasteiger partial charge in [0.05, 0.1) is 24.0 Å². The van der Waals surface area contributed by atoms with Crippen LogP contribution in [-0.2, 0) is 7.05 Å². The first-order chi connectivity index (χ1) is 14.1. The monoisotopic (exact) mass is 386 g/mol. The average molecular weight is 386 g/mol. The SMILES string of the molecule is CCOc1ccnc2[nH]c(=O)n(-c3ccc4ncc(-c5cnn(C)c5)cc4c3)c12. The molecule has 8 heteroatoms. The number of imidazole rings is 1. The van der Waals surface area contributed by atoms with Gasteiger partial charge in [-0.3, -0.25) is 19.2 Å². The molecule has 0 aliphatic carbocycles. The van der Waals surface area contributed by atoms with E-state index in [0.717, 1.165) is 22.0 Å². The largest absolute Gasteiger partial charge is 0.491 e. The minimum Gasteiger partial charge on any atom is -0.491 e. The van der Waals surface area contributed by atoms with Gasteiger partial charge in [0.2, 0.25) is 0 Å². The Hall–Kier alpha value is -3.94. The number of H-pyrrole nitrogens is 1. The summed E-state index contributed by atoms with van der Waals surface area (Å²) in [6.07, 6.45) is 7.19. The van der Waals surface area contributed by atoms with Crippen molar-refractivity contribution in [2.24, 2.45) is 7.05 Å². The number of aromatic amines is 1. The van der Waals surface area contributed by atoms with E-state index < -0.39 is 0 Å². The maximum atomic E-state index is 12.7. The van der Waals surface area contributed by atoms with E-state index in [0.29, 0.717) is 29.2 Å². The summed E-state index contributed by atoms with van der Waals surface area (Å²) in [5.74, 6) is 0.609. The lowest BCUT2D eigenvalue weighted by atomic mass is 10.1. The second kappa shape index (κ2) is 6.59. The Balaban J connectivity index is 1.71. The number of nitrogens with zero attached hydrogens (tertiary/aromatic N) is 5. The molecule has 4 heterocycles. The van der Waals surface area contributed by atoms with E-state index in [-0.39, 0.29) is 5.69 Å². The van der Waals surface area contributed by atoms with Crippen molar-refractivity contribution in [2.75, 3.05) is 6.61 Å². The van der Waals surface area contributed by atoms with Gasteiger partial charge in [0.15, 0.2) is 5.65 Å². The number of aromatic nitrogens is 6. The lowest BCUT2D eigenvalue weighted by Gasteiger charge is -2.09. The second-order valence-corrected chi connectivity index (χ2v) is 6.71. The van der Waals surface area contributed by atoms with Crippen molar-refractivity contribution in [1.29, 1.82) is 0 Å². The summed E-state index contributed by atoms with van der Waals surface area (Å²) < 4.78 is 9.06. The van der Waals surface area contributed by atoms with E-state index in [9.17, 15) is 4.79 Å². The Kier molecular flexibility index (Phi) is 3.90. The van der Waals surface area contributed by atoms with Crippen molar-refractivity contribution in [3.63, 3.8) is 0 Å². The molecule has 0 saturated heterocycles. The smallest absolute Gasteiger partial charge is 0.332 e. The summed E-state index contributed by atoms with van der Waals surface area (Å²) >= 11 is 0. The van der Waals surface area contributed by atoms with E-state index in [1.165, 1.54) is 0 Å². The fraction of sp³-hybridized carbons (Fsp3) is 0.143. The molecule has 0 amide bonds. The summed E-state index contributed by atoms with van der Waals surface area (Å²) in [6, 6.07) is 9.53. The lowest BCUT2D eigenvalue weighted by Crippen LogP contribution is -2.15. The fourth-order valence-electron chi connectivity index (χ4n) is 3.51. The van der Waals surface area contributed by atoms with E-state index in [4.69, 9.17) is 4.74 Å². The van der Waals surface area contributed by atoms with Crippen LogP contribution in [0.2, 0.25) is 0 Å². The number of hydrogen-bond donors (Lipinski definition) is 1. The molecule has 144 valence electrons. The lowest BCUT2D eigenvalue weighted by molar-refractivity contribution is 0.343. The molecular formula is C21H18N6O2. The van der Waals surface area contributed by atoms with Crippen LogP contribution in [0, 0.1) is 0 Å². The van der Waals surface area contributed by atoms with Crippen molar-refractivity contribution in [3.8, 4) is 22.6 Å². The minimum absolute atomic E-state index is 0.268. The van der Waals surface area contributed by atoms with Gasteiger partial charge < -0.3 is 4.74 Å². The summed E-state index contributed by atoms with van der Waals surface area (Å²) in [6.45, 7) is 2.40. The van der Waals surface area contributed by atoms with Crippen molar-refractivity contribution >= 4 is 22.1 Å². The van der Waals surface area contributed by atoms with Crippen molar-refractivity contribution in [2.45, 2.75) is 6.92 Å². The van der Waals surface area contributed by atoms with Gasteiger partial charge in [-0.25, -0.2) is 9.78 Å². The molecule has 29 heavy (non-hydrogen) atoms. The average Bonchev–Trinajstić information content (AvgIpc) is 3.30. The number of hydrogen-bond acceptors (Lipinski definition) is 5. The van der Waals surface area contributed by atoms with Crippen LogP contribution in [0.5, 0.6) is 5.75 Å². The van der Waals surface area contributed by atoms with Gasteiger partial charge in [0.25, 0.3) is 0 Å². The van der Waals surface area contributed by atoms with E-state index in [1.807, 2.05) is 50.6 Å². The highest BCUT2D eigenvalue weighted by Crippen LogP contribution is 2.27. The molecular weight excluding hydrogens is 368 g/mol. The van der Waals surface area contributed by atoms with Gasteiger partial charge in [-0.2, -0.15) is 5.10 Å². The number of fused-ring (bicyclic) bond motifs is 2. The molecule has 0 radical (unpaired) electrons. The topological polar surface area (TPSA) is 90.6 Å². The molecule has 5 rings (SSSR count). The second-order valence-electron chi connectivity index (χ2n) is 6.71. The van der Waals surface area contributed by atoms with Crippen molar-refractivity contribution in [1.82, 2.24) is 29.3 Å². The third kappa shape index (κ3) is 2.85. The fourth-order valence-corrected chi connectivity index (χ4v) is 3.51. The summed E-state index contributed by atoms with van der Waals surface area (Å²) in [7, 11) is 1.88. The molecule has 1 N–H and O–H groups in total. The van der Waals surface area contributed by atoms with Crippen LogP contribution in [0.25, 0.3) is 38.9 Å². The van der Waals surface area contributed by atoms with Crippen LogP contribution in [-0.4, -0.2) is 35.9 Å². The Morgan fingerprint density at radius 3 is 2.79 bits per heavy atom. The molecule has 0 aliphatic heterocycles. The van der Waals surface area contributed by atoms with Crippen molar-refractivity contribution in [3.05, 3.63) is 65.6 Å². The Labute approximate surface area is 165 Å². The molecule has 8 nitrogen and oxygen atoms in total. The predicted molar refractivity (Wildman–Crippen MR) is 110 cm³/mol. The highest BCUT2D eigenvalue weighted by Gasteiger charge is 2.15. The highest BCUT2D eigenvalue weighted by molar-refractivity contribution is 5.87. The van der Waals surface area contributed by atoms with Crippen molar-refractivity contribution < 1.29 is 4.74 Å². The molecule has 4 aromatic heterocycles. The van der Waals surface area contributed by atoms with Crippen LogP contribution in [0.15, 0.2) is 59.9 Å². The molecule has 0 aliphatic rings. The van der Waals surface area contributed by atoms with Crippen LogP contribution in [0.1, 0.15) is 6.92 Å². The number of nitrogens with one attached hydrogen (secondary N) is 1. The van der Waals surface area contributed by atoms with Gasteiger partial charge in [-0.15, -0.1) is 0 Å². The molecule has 0 fully saturated rings. The minimum atomic E-state index is -0.268. The maximum absolute atomic E-state index is 12.7. The van der Waals surface area contributed by atoms with E-state index >= 15 is 0 Å². The van der Waals surface area contributed by atoms with Crippen LogP contribution in [0.3, 0.4) is 0 Å².